The van der Waals surface area contributed by atoms with Crippen molar-refractivity contribution in [2.24, 2.45) is 5.92 Å². The molecule has 10 nitrogen and oxygen atoms in total. The van der Waals surface area contributed by atoms with Crippen LogP contribution >= 0.6 is 22.9 Å². The summed E-state index contributed by atoms with van der Waals surface area (Å²) in [6.07, 6.45) is 3.71. The molecule has 0 radical (unpaired) electrons. The lowest BCUT2D eigenvalue weighted by atomic mass is 9.92. The summed E-state index contributed by atoms with van der Waals surface area (Å²) < 4.78 is 44.9. The predicted molar refractivity (Wildman–Crippen MR) is 176 cm³/mol. The van der Waals surface area contributed by atoms with Crippen molar-refractivity contribution in [3.63, 3.8) is 0 Å². The summed E-state index contributed by atoms with van der Waals surface area (Å²) in [4.78, 5) is 29.0. The number of thiophene rings is 1. The summed E-state index contributed by atoms with van der Waals surface area (Å²) in [5.74, 6) is -0.617. The second-order valence-electron chi connectivity index (χ2n) is 13.1. The van der Waals surface area contributed by atoms with Gasteiger partial charge in [-0.1, -0.05) is 24.6 Å². The molecule has 14 heteroatoms. The molecule has 0 saturated carbocycles. The van der Waals surface area contributed by atoms with Gasteiger partial charge < -0.3 is 25.0 Å². The Bertz CT molecular complexity index is 2040. The van der Waals surface area contributed by atoms with Gasteiger partial charge in [-0.15, -0.1) is 11.3 Å². The molecule has 47 heavy (non-hydrogen) atoms. The van der Waals surface area contributed by atoms with Crippen LogP contribution in [-0.2, 0) is 4.79 Å². The van der Waals surface area contributed by atoms with Crippen LogP contribution in [0.25, 0.3) is 32.1 Å². The average Bonchev–Trinajstić information content (AvgIpc) is 3.62. The molecule has 3 fully saturated rings. The third-order valence-electron chi connectivity index (χ3n) is 10.2. The fourth-order valence-electron chi connectivity index (χ4n) is 8.12. The van der Waals surface area contributed by atoms with Crippen LogP contribution in [0.2, 0.25) is 5.02 Å². The number of nitrogens with zero attached hydrogens (tertiary/aromatic N) is 6. The Morgan fingerprint density at radius 2 is 2.06 bits per heavy atom. The van der Waals surface area contributed by atoms with Gasteiger partial charge in [0.25, 0.3) is 0 Å². The molecule has 0 aliphatic carbocycles. The molecule has 0 bridgehead atoms. The second-order valence-corrected chi connectivity index (χ2v) is 14.6. The lowest BCUT2D eigenvalue weighted by Crippen LogP contribution is -2.48. The number of fused-ring (bicyclic) bond motifs is 4. The highest BCUT2D eigenvalue weighted by atomic mass is 35.5. The number of hydrogen-bond acceptors (Lipinski definition) is 10. The van der Waals surface area contributed by atoms with Crippen LogP contribution in [0, 0.1) is 28.9 Å². The van der Waals surface area contributed by atoms with Crippen molar-refractivity contribution in [3.8, 4) is 29.0 Å². The van der Waals surface area contributed by atoms with E-state index < -0.39 is 17.7 Å². The van der Waals surface area contributed by atoms with Crippen LogP contribution in [0.3, 0.4) is 0 Å². The van der Waals surface area contributed by atoms with E-state index >= 15 is 4.39 Å². The SMILES string of the molecule is C[C@H]1CN2CCC[C@@]2(COc2nc3c4c(c(Cl)c(-c5ccc(F)c6sc(N)c(C#N)c56)c(F)c4n2)OCC2C(=O)N(C)CCCN32)C1. The highest BCUT2D eigenvalue weighted by molar-refractivity contribution is 7.23. The first-order valence-electron chi connectivity index (χ1n) is 15.8. The number of anilines is 2. The topological polar surface area (TPSA) is 121 Å². The van der Waals surface area contributed by atoms with Gasteiger partial charge in [-0.25, -0.2) is 8.78 Å². The van der Waals surface area contributed by atoms with E-state index in [1.54, 1.807) is 11.9 Å². The molecule has 4 aromatic rings. The largest absolute Gasteiger partial charge is 0.488 e. The van der Waals surface area contributed by atoms with Gasteiger partial charge in [-0.2, -0.15) is 15.2 Å². The van der Waals surface area contributed by atoms with Crippen molar-refractivity contribution < 1.29 is 23.0 Å². The van der Waals surface area contributed by atoms with Crippen molar-refractivity contribution in [2.75, 3.05) is 57.1 Å². The Kier molecular flexibility index (Phi) is 7.13. The average molecular weight is 680 g/mol. The summed E-state index contributed by atoms with van der Waals surface area (Å²) in [6, 6.07) is 3.85. The van der Waals surface area contributed by atoms with Gasteiger partial charge in [0.15, 0.2) is 11.6 Å². The molecule has 4 aliphatic heterocycles. The molecule has 1 unspecified atom stereocenters. The number of rotatable bonds is 4. The summed E-state index contributed by atoms with van der Waals surface area (Å²) in [5.41, 5.74) is 5.94. The Labute approximate surface area is 278 Å². The fourth-order valence-corrected chi connectivity index (χ4v) is 9.40. The van der Waals surface area contributed by atoms with Crippen molar-refractivity contribution in [1.29, 1.82) is 5.26 Å². The molecule has 3 atom stereocenters. The minimum absolute atomic E-state index is 0.0150. The first-order chi connectivity index (χ1) is 22.6. The van der Waals surface area contributed by atoms with Crippen molar-refractivity contribution in [1.82, 2.24) is 19.8 Å². The summed E-state index contributed by atoms with van der Waals surface area (Å²) in [7, 11) is 1.74. The number of nitrogens with two attached hydrogens (primary N) is 1. The number of nitriles is 1. The molecular formula is C33H32ClF2N7O3S. The van der Waals surface area contributed by atoms with E-state index in [2.05, 4.69) is 16.8 Å². The zero-order valence-corrected chi connectivity index (χ0v) is 27.5. The van der Waals surface area contributed by atoms with E-state index in [0.717, 1.165) is 43.7 Å². The number of benzene rings is 2. The number of halogens is 3. The maximum atomic E-state index is 17.2. The smallest absolute Gasteiger partial charge is 0.319 e. The van der Waals surface area contributed by atoms with E-state index in [0.29, 0.717) is 37.9 Å². The van der Waals surface area contributed by atoms with E-state index in [1.807, 2.05) is 11.0 Å². The quantitative estimate of drug-likeness (QED) is 0.295. The number of nitrogen functional groups attached to an aromatic ring is 1. The number of amides is 1. The Hall–Kier alpha value is -3.99. The third-order valence-corrected chi connectivity index (χ3v) is 11.6. The lowest BCUT2D eigenvalue weighted by Gasteiger charge is -2.32. The van der Waals surface area contributed by atoms with Crippen LogP contribution in [0.15, 0.2) is 12.1 Å². The van der Waals surface area contributed by atoms with Crippen molar-refractivity contribution in [3.05, 3.63) is 34.4 Å². The number of aromatic nitrogens is 2. The highest BCUT2D eigenvalue weighted by Gasteiger charge is 2.48. The number of carbonyl (C=O) groups excluding carboxylic acids is 1. The van der Waals surface area contributed by atoms with Gasteiger partial charge in [0, 0.05) is 37.6 Å². The summed E-state index contributed by atoms with van der Waals surface area (Å²) in [5, 5.41) is 10.3. The van der Waals surface area contributed by atoms with Crippen LogP contribution in [0.5, 0.6) is 11.8 Å². The second kappa shape index (κ2) is 11.0. The molecule has 4 aliphatic rings. The molecule has 2 aromatic carbocycles. The third kappa shape index (κ3) is 4.52. The summed E-state index contributed by atoms with van der Waals surface area (Å²) in [6.45, 7) is 5.52. The van der Waals surface area contributed by atoms with Gasteiger partial charge in [-0.05, 0) is 49.8 Å². The van der Waals surface area contributed by atoms with Crippen LogP contribution in [-0.4, -0.2) is 83.7 Å². The molecule has 1 amide bonds. The molecule has 2 N–H and O–H groups in total. The van der Waals surface area contributed by atoms with Gasteiger partial charge >= 0.3 is 6.01 Å². The first-order valence-corrected chi connectivity index (χ1v) is 17.0. The van der Waals surface area contributed by atoms with E-state index in [9.17, 15) is 14.4 Å². The monoisotopic (exact) mass is 679 g/mol. The van der Waals surface area contributed by atoms with Crippen molar-refractivity contribution in [2.45, 2.75) is 44.2 Å². The molecule has 3 saturated heterocycles. The van der Waals surface area contributed by atoms with Gasteiger partial charge in [0.2, 0.25) is 5.91 Å². The van der Waals surface area contributed by atoms with Crippen LogP contribution in [0.1, 0.15) is 38.2 Å². The normalized spacial score (nSPS) is 24.2. The highest BCUT2D eigenvalue weighted by Crippen LogP contribution is 2.51. The van der Waals surface area contributed by atoms with E-state index in [-0.39, 0.29) is 77.5 Å². The van der Waals surface area contributed by atoms with Gasteiger partial charge in [0.05, 0.1) is 26.2 Å². The summed E-state index contributed by atoms with van der Waals surface area (Å²) >= 11 is 7.94. The fraction of sp³-hybridized carbons (Fsp3) is 0.455. The molecule has 6 heterocycles. The number of likely N-dealkylation sites (N-methyl/N-ethyl adjacent to an activating group) is 1. The van der Waals surface area contributed by atoms with E-state index in [4.69, 9.17) is 31.8 Å². The maximum Gasteiger partial charge on any atom is 0.319 e. The van der Waals surface area contributed by atoms with Gasteiger partial charge in [-0.3, -0.25) is 9.69 Å². The Morgan fingerprint density at radius 3 is 2.87 bits per heavy atom. The molecule has 2 aromatic heterocycles. The minimum atomic E-state index is -0.806. The van der Waals surface area contributed by atoms with Crippen LogP contribution in [0.4, 0.5) is 19.6 Å². The maximum absolute atomic E-state index is 17.2. The molecule has 0 spiro atoms. The number of hydrogen-bond donors (Lipinski definition) is 1. The van der Waals surface area contributed by atoms with Crippen LogP contribution < -0.4 is 20.1 Å². The molecule has 244 valence electrons. The Morgan fingerprint density at radius 1 is 1.23 bits per heavy atom. The predicted octanol–water partition coefficient (Wildman–Crippen LogP) is 5.58. The lowest BCUT2D eigenvalue weighted by molar-refractivity contribution is -0.131. The standard InChI is InChI=1S/C33H32ClF2N7O3S/c1-16-11-33(7-3-9-42(33)13-16)15-46-32-39-26-23-27(45-14-20-31(44)41(2)8-4-10-43(20)30(23)40-32)24(34)22(25(26)36)17-5-6-19(35)28-21(17)18(12-37)29(38)47-28/h5-6,16,20H,3-4,7-11,13-15,38H2,1-2H3/t16-,20?,33+/m1/s1. The minimum Gasteiger partial charge on any atom is -0.488 e. The zero-order valence-electron chi connectivity index (χ0n) is 25.9. The van der Waals surface area contributed by atoms with E-state index in [1.165, 1.54) is 12.1 Å². The van der Waals surface area contributed by atoms with Gasteiger partial charge in [0.1, 0.15) is 47.5 Å². The number of carbonyl (C=O) groups is 1. The zero-order chi connectivity index (χ0) is 32.8. The molecular weight excluding hydrogens is 648 g/mol. The molecule has 8 rings (SSSR count). The number of ether oxygens (including phenoxy) is 2. The first kappa shape index (κ1) is 30.4. The Balaban J connectivity index is 1.36. The van der Waals surface area contributed by atoms with Crippen molar-refractivity contribution >= 4 is 60.7 Å².